The Kier molecular flexibility index (Phi) is 44.1. The van der Waals surface area contributed by atoms with Gasteiger partial charge in [-0.05, 0) is 25.7 Å². The SMILES string of the molecule is CCCCCCCCCCCN(CCCCCCCCCCC)C(=O)CCCCCCCCCCCCCCCCCCCCCCCCO. The molecule has 3 nitrogen and oxygen atoms in total. The van der Waals surface area contributed by atoms with E-state index < -0.39 is 0 Å². The molecule has 0 aliphatic carbocycles. The summed E-state index contributed by atoms with van der Waals surface area (Å²) in [5, 5.41) is 8.83. The zero-order valence-electron chi connectivity index (χ0n) is 34.9. The monoisotopic (exact) mass is 706 g/mol. The Balaban J connectivity index is 3.79. The third-order valence-corrected chi connectivity index (χ3v) is 11.2. The van der Waals surface area contributed by atoms with Gasteiger partial charge in [-0.2, -0.15) is 0 Å². The van der Waals surface area contributed by atoms with E-state index in [0.29, 0.717) is 12.5 Å². The second kappa shape index (κ2) is 44.6. The summed E-state index contributed by atoms with van der Waals surface area (Å²) in [4.78, 5) is 15.5. The van der Waals surface area contributed by atoms with Gasteiger partial charge in [-0.1, -0.05) is 245 Å². The number of aliphatic hydroxyl groups excluding tert-OH is 1. The van der Waals surface area contributed by atoms with E-state index in [-0.39, 0.29) is 0 Å². The van der Waals surface area contributed by atoms with Crippen molar-refractivity contribution >= 4 is 5.91 Å². The Morgan fingerprint density at radius 2 is 0.540 bits per heavy atom. The van der Waals surface area contributed by atoms with Crippen LogP contribution in [0.25, 0.3) is 0 Å². The summed E-state index contributed by atoms with van der Waals surface area (Å²) in [6.45, 7) is 6.95. The summed E-state index contributed by atoms with van der Waals surface area (Å²) in [5.41, 5.74) is 0. The lowest BCUT2D eigenvalue weighted by molar-refractivity contribution is -0.131. The fraction of sp³-hybridized carbons (Fsp3) is 0.979. The van der Waals surface area contributed by atoms with Gasteiger partial charge in [0.15, 0.2) is 0 Å². The van der Waals surface area contributed by atoms with E-state index in [2.05, 4.69) is 18.7 Å². The molecule has 0 radical (unpaired) electrons. The lowest BCUT2D eigenvalue weighted by atomic mass is 10.0. The third kappa shape index (κ3) is 40.2. The van der Waals surface area contributed by atoms with Crippen LogP contribution in [0.1, 0.15) is 277 Å². The fourth-order valence-corrected chi connectivity index (χ4v) is 7.67. The second-order valence-corrected chi connectivity index (χ2v) is 16.3. The van der Waals surface area contributed by atoms with Gasteiger partial charge in [0.1, 0.15) is 0 Å². The number of carbonyl (C=O) groups excluding carboxylic acids is 1. The van der Waals surface area contributed by atoms with Gasteiger partial charge in [0.25, 0.3) is 0 Å². The van der Waals surface area contributed by atoms with Crippen LogP contribution in [-0.2, 0) is 4.79 Å². The number of carbonyl (C=O) groups is 1. The number of unbranched alkanes of at least 4 members (excludes halogenated alkanes) is 37. The first-order chi connectivity index (χ1) is 24.8. The van der Waals surface area contributed by atoms with Crippen molar-refractivity contribution in [1.29, 1.82) is 0 Å². The molecule has 0 bridgehead atoms. The van der Waals surface area contributed by atoms with E-state index in [1.165, 1.54) is 244 Å². The van der Waals surface area contributed by atoms with E-state index in [0.717, 1.165) is 32.4 Å². The lowest BCUT2D eigenvalue weighted by Crippen LogP contribution is -2.32. The largest absolute Gasteiger partial charge is 0.396 e. The average Bonchev–Trinajstić information content (AvgIpc) is 3.12. The van der Waals surface area contributed by atoms with E-state index in [4.69, 9.17) is 5.11 Å². The smallest absolute Gasteiger partial charge is 0.222 e. The molecule has 0 unspecified atom stereocenters. The Morgan fingerprint density at radius 3 is 0.800 bits per heavy atom. The number of hydrogen-bond acceptors (Lipinski definition) is 2. The molecule has 0 rings (SSSR count). The average molecular weight is 706 g/mol. The number of hydrogen-bond donors (Lipinski definition) is 1. The molecule has 50 heavy (non-hydrogen) atoms. The summed E-state index contributed by atoms with van der Waals surface area (Å²) in [6, 6.07) is 0. The quantitative estimate of drug-likeness (QED) is 0.0641. The molecule has 300 valence electrons. The van der Waals surface area contributed by atoms with E-state index >= 15 is 0 Å². The van der Waals surface area contributed by atoms with Crippen molar-refractivity contribution in [2.75, 3.05) is 19.7 Å². The Bertz CT molecular complexity index is 600. The maximum absolute atomic E-state index is 13.2. The predicted molar refractivity (Wildman–Crippen MR) is 224 cm³/mol. The second-order valence-electron chi connectivity index (χ2n) is 16.3. The van der Waals surface area contributed by atoms with Gasteiger partial charge >= 0.3 is 0 Å². The molecule has 0 aromatic heterocycles. The number of nitrogens with zero attached hydrogens (tertiary/aromatic N) is 1. The maximum atomic E-state index is 13.2. The van der Waals surface area contributed by atoms with Crippen LogP contribution in [0.4, 0.5) is 0 Å². The summed E-state index contributed by atoms with van der Waals surface area (Å²) < 4.78 is 0. The van der Waals surface area contributed by atoms with Crippen LogP contribution in [0.2, 0.25) is 0 Å². The number of amides is 1. The zero-order valence-corrected chi connectivity index (χ0v) is 34.9. The molecule has 1 N–H and O–H groups in total. The lowest BCUT2D eigenvalue weighted by Gasteiger charge is -2.23. The molecule has 0 spiro atoms. The van der Waals surface area contributed by atoms with Crippen LogP contribution in [0.5, 0.6) is 0 Å². The van der Waals surface area contributed by atoms with E-state index in [9.17, 15) is 4.79 Å². The first kappa shape index (κ1) is 49.4. The molecule has 1 amide bonds. The first-order valence-corrected chi connectivity index (χ1v) is 23.6. The molecule has 0 atom stereocenters. The first-order valence-electron chi connectivity index (χ1n) is 23.6. The van der Waals surface area contributed by atoms with Crippen LogP contribution < -0.4 is 0 Å². The van der Waals surface area contributed by atoms with Crippen molar-refractivity contribution in [1.82, 2.24) is 4.90 Å². The topological polar surface area (TPSA) is 40.5 Å². The number of rotatable bonds is 44. The van der Waals surface area contributed by atoms with Crippen LogP contribution in [-0.4, -0.2) is 35.6 Å². The highest BCUT2D eigenvalue weighted by molar-refractivity contribution is 5.76. The van der Waals surface area contributed by atoms with Crippen LogP contribution in [0.15, 0.2) is 0 Å². The number of aliphatic hydroxyl groups is 1. The van der Waals surface area contributed by atoms with E-state index in [1.807, 2.05) is 0 Å². The van der Waals surface area contributed by atoms with Crippen molar-refractivity contribution in [2.45, 2.75) is 277 Å². The van der Waals surface area contributed by atoms with Gasteiger partial charge in [0, 0.05) is 26.1 Å². The van der Waals surface area contributed by atoms with Crippen molar-refractivity contribution < 1.29 is 9.90 Å². The van der Waals surface area contributed by atoms with Gasteiger partial charge in [-0.25, -0.2) is 0 Å². The van der Waals surface area contributed by atoms with Gasteiger partial charge in [0.05, 0.1) is 0 Å². The van der Waals surface area contributed by atoms with Gasteiger partial charge in [0.2, 0.25) is 5.91 Å². The Labute approximate surface area is 316 Å². The highest BCUT2D eigenvalue weighted by Gasteiger charge is 2.12. The minimum atomic E-state index is 0.365. The molecule has 3 heteroatoms. The van der Waals surface area contributed by atoms with Crippen molar-refractivity contribution in [3.8, 4) is 0 Å². The standard InChI is InChI=1S/C47H95NO2/c1-3-5-7-9-11-28-32-36-40-44-48(45-41-37-33-29-12-10-8-6-4-2)47(50)43-39-35-31-27-25-23-21-19-17-15-13-14-16-18-20-22-24-26-30-34-38-42-46-49/h49H,3-46H2,1-2H3. The van der Waals surface area contributed by atoms with Gasteiger partial charge in [-0.3, -0.25) is 4.79 Å². The van der Waals surface area contributed by atoms with Crippen LogP contribution in [0, 0.1) is 0 Å². The summed E-state index contributed by atoms with van der Waals surface area (Å²) in [7, 11) is 0. The minimum absolute atomic E-state index is 0.365. The fourth-order valence-electron chi connectivity index (χ4n) is 7.67. The van der Waals surface area contributed by atoms with Gasteiger partial charge < -0.3 is 10.0 Å². The molecular weight excluding hydrogens is 611 g/mol. The van der Waals surface area contributed by atoms with Crippen molar-refractivity contribution in [3.63, 3.8) is 0 Å². The van der Waals surface area contributed by atoms with Gasteiger partial charge in [-0.15, -0.1) is 0 Å². The molecular formula is C47H95NO2. The normalized spacial score (nSPS) is 11.5. The molecule has 0 aromatic rings. The molecule has 0 aliphatic heterocycles. The van der Waals surface area contributed by atoms with E-state index in [1.54, 1.807) is 0 Å². The van der Waals surface area contributed by atoms with Crippen LogP contribution in [0.3, 0.4) is 0 Å². The predicted octanol–water partition coefficient (Wildman–Crippen LogP) is 15.8. The molecule has 0 aromatic carbocycles. The zero-order chi connectivity index (χ0) is 36.3. The summed E-state index contributed by atoms with van der Waals surface area (Å²) in [6.07, 6.45) is 55.0. The summed E-state index contributed by atoms with van der Waals surface area (Å²) in [5.74, 6) is 0.446. The highest BCUT2D eigenvalue weighted by Crippen LogP contribution is 2.17. The maximum Gasteiger partial charge on any atom is 0.222 e. The molecule has 0 heterocycles. The van der Waals surface area contributed by atoms with Crippen molar-refractivity contribution in [3.05, 3.63) is 0 Å². The van der Waals surface area contributed by atoms with Crippen molar-refractivity contribution in [2.24, 2.45) is 0 Å². The van der Waals surface area contributed by atoms with Crippen LogP contribution >= 0.6 is 0 Å². The molecule has 0 saturated carbocycles. The summed E-state index contributed by atoms with van der Waals surface area (Å²) >= 11 is 0. The Hall–Kier alpha value is -0.570. The molecule has 0 aliphatic rings. The third-order valence-electron chi connectivity index (χ3n) is 11.2. The highest BCUT2D eigenvalue weighted by atomic mass is 16.2. The minimum Gasteiger partial charge on any atom is -0.396 e. The molecule has 0 saturated heterocycles. The molecule has 0 fully saturated rings. The Morgan fingerprint density at radius 1 is 0.320 bits per heavy atom.